The normalized spacial score (nSPS) is 24.4. The third kappa shape index (κ3) is 3.12. The number of carboxylic acid groups (broad SMARTS) is 1. The number of rotatable bonds is 5. The lowest BCUT2D eigenvalue weighted by Crippen LogP contribution is -2.30. The van der Waals surface area contributed by atoms with Gasteiger partial charge in [-0.05, 0) is 37.5 Å². The van der Waals surface area contributed by atoms with Crippen molar-refractivity contribution < 1.29 is 14.7 Å². The minimum atomic E-state index is -0.774. The molecule has 1 aromatic rings. The van der Waals surface area contributed by atoms with Crippen molar-refractivity contribution in [2.45, 2.75) is 40.2 Å². The molecule has 2 fully saturated rings. The van der Waals surface area contributed by atoms with Gasteiger partial charge in [0.1, 0.15) is 0 Å². The van der Waals surface area contributed by atoms with Crippen LogP contribution in [0.25, 0.3) is 0 Å². The summed E-state index contributed by atoms with van der Waals surface area (Å²) >= 11 is 0. The van der Waals surface area contributed by atoms with Crippen molar-refractivity contribution in [2.75, 3.05) is 13.1 Å². The van der Waals surface area contributed by atoms with Crippen molar-refractivity contribution in [3.8, 4) is 0 Å². The van der Waals surface area contributed by atoms with Crippen LogP contribution in [0.2, 0.25) is 0 Å². The Bertz CT molecular complexity index is 619. The Labute approximate surface area is 136 Å². The van der Waals surface area contributed by atoms with Gasteiger partial charge >= 0.3 is 5.97 Å². The largest absolute Gasteiger partial charge is 0.481 e. The number of carboxylic acids is 1. The fraction of sp³-hybridized carbons (Fsp3) is 0.706. The summed E-state index contributed by atoms with van der Waals surface area (Å²) in [5, 5.41) is 13.8. The van der Waals surface area contributed by atoms with Gasteiger partial charge in [0.25, 0.3) is 5.91 Å². The molecule has 2 aliphatic rings. The molecular weight excluding hydrogens is 294 g/mol. The van der Waals surface area contributed by atoms with Crippen LogP contribution in [0.4, 0.5) is 0 Å². The van der Waals surface area contributed by atoms with Gasteiger partial charge in [0.15, 0.2) is 0 Å². The summed E-state index contributed by atoms with van der Waals surface area (Å²) in [6.07, 6.45) is 3.82. The predicted octanol–water partition coefficient (Wildman–Crippen LogP) is 2.03. The van der Waals surface area contributed by atoms with E-state index in [0.29, 0.717) is 30.5 Å². The number of aliphatic carboxylic acids is 1. The Kier molecular flexibility index (Phi) is 4.17. The molecule has 2 atom stereocenters. The number of carbonyl (C=O) groups is 2. The summed E-state index contributed by atoms with van der Waals surface area (Å²) in [6.45, 7) is 7.80. The third-order valence-corrected chi connectivity index (χ3v) is 5.07. The van der Waals surface area contributed by atoms with Crippen LogP contribution >= 0.6 is 0 Å². The van der Waals surface area contributed by atoms with E-state index in [9.17, 15) is 14.7 Å². The number of aromatic nitrogens is 2. The van der Waals surface area contributed by atoms with Gasteiger partial charge in [-0.25, -0.2) is 0 Å². The summed E-state index contributed by atoms with van der Waals surface area (Å²) in [5.74, 6) is -0.214. The molecule has 0 bridgehead atoms. The Morgan fingerprint density at radius 1 is 1.35 bits per heavy atom. The standard InChI is InChI=1S/C17H25N3O3/c1-10(2)7-20-11(3)13(6-18-20)16(21)19-8-14(12-4-5-12)15(9-19)17(22)23/h6,10,12,14-15H,4-5,7-9H2,1-3H3,(H,22,23)/t14-,15+/m1/s1. The number of hydrogen-bond donors (Lipinski definition) is 1. The van der Waals surface area contributed by atoms with Crippen molar-refractivity contribution in [3.63, 3.8) is 0 Å². The smallest absolute Gasteiger partial charge is 0.308 e. The van der Waals surface area contributed by atoms with E-state index >= 15 is 0 Å². The number of likely N-dealkylation sites (tertiary alicyclic amines) is 1. The fourth-order valence-corrected chi connectivity index (χ4v) is 3.61. The van der Waals surface area contributed by atoms with Gasteiger partial charge in [0, 0.05) is 25.3 Å². The summed E-state index contributed by atoms with van der Waals surface area (Å²) < 4.78 is 1.86. The van der Waals surface area contributed by atoms with Gasteiger partial charge in [-0.2, -0.15) is 5.10 Å². The molecule has 3 rings (SSSR count). The van der Waals surface area contributed by atoms with Gasteiger partial charge in [-0.1, -0.05) is 13.8 Å². The summed E-state index contributed by atoms with van der Waals surface area (Å²) in [6, 6.07) is 0. The molecule has 126 valence electrons. The highest BCUT2D eigenvalue weighted by atomic mass is 16.4. The zero-order chi connectivity index (χ0) is 16.7. The highest BCUT2D eigenvalue weighted by Crippen LogP contribution is 2.44. The molecule has 0 spiro atoms. The molecule has 0 aromatic carbocycles. The number of hydrogen-bond acceptors (Lipinski definition) is 3. The molecule has 6 nitrogen and oxygen atoms in total. The van der Waals surface area contributed by atoms with Crippen LogP contribution in [0.1, 0.15) is 42.7 Å². The molecule has 0 unspecified atom stereocenters. The lowest BCUT2D eigenvalue weighted by atomic mass is 9.92. The van der Waals surface area contributed by atoms with Crippen LogP contribution in [-0.4, -0.2) is 44.8 Å². The van der Waals surface area contributed by atoms with Crippen LogP contribution in [0.15, 0.2) is 6.20 Å². The Morgan fingerprint density at radius 3 is 2.61 bits per heavy atom. The summed E-state index contributed by atoms with van der Waals surface area (Å²) in [7, 11) is 0. The number of amides is 1. The lowest BCUT2D eigenvalue weighted by Gasteiger charge is -2.16. The first-order chi connectivity index (χ1) is 10.9. The van der Waals surface area contributed by atoms with E-state index in [1.807, 2.05) is 11.6 Å². The van der Waals surface area contributed by atoms with E-state index in [2.05, 4.69) is 18.9 Å². The highest BCUT2D eigenvalue weighted by molar-refractivity contribution is 5.95. The van der Waals surface area contributed by atoms with Crippen LogP contribution < -0.4 is 0 Å². The van der Waals surface area contributed by atoms with E-state index in [4.69, 9.17) is 0 Å². The van der Waals surface area contributed by atoms with E-state index in [1.165, 1.54) is 0 Å². The fourth-order valence-electron chi connectivity index (χ4n) is 3.61. The number of nitrogens with zero attached hydrogens (tertiary/aromatic N) is 3. The van der Waals surface area contributed by atoms with E-state index in [-0.39, 0.29) is 11.8 Å². The summed E-state index contributed by atoms with van der Waals surface area (Å²) in [5.41, 5.74) is 1.47. The molecule has 6 heteroatoms. The quantitative estimate of drug-likeness (QED) is 0.901. The van der Waals surface area contributed by atoms with Gasteiger partial charge in [-0.3, -0.25) is 14.3 Å². The van der Waals surface area contributed by atoms with Gasteiger partial charge < -0.3 is 10.0 Å². The molecule has 1 saturated heterocycles. The molecule has 0 radical (unpaired) electrons. The van der Waals surface area contributed by atoms with Crippen molar-refractivity contribution >= 4 is 11.9 Å². The monoisotopic (exact) mass is 319 g/mol. The second-order valence-corrected chi connectivity index (χ2v) is 7.38. The second-order valence-electron chi connectivity index (χ2n) is 7.38. The topological polar surface area (TPSA) is 75.4 Å². The van der Waals surface area contributed by atoms with E-state index in [0.717, 1.165) is 25.1 Å². The molecule has 2 heterocycles. The average molecular weight is 319 g/mol. The minimum Gasteiger partial charge on any atom is -0.481 e. The SMILES string of the molecule is Cc1c(C(=O)N2C[C@H](C(=O)O)[C@@H](C3CC3)C2)cnn1CC(C)C. The maximum absolute atomic E-state index is 12.8. The highest BCUT2D eigenvalue weighted by Gasteiger charge is 2.47. The molecule has 1 saturated carbocycles. The van der Waals surface area contributed by atoms with Crippen molar-refractivity contribution in [3.05, 3.63) is 17.5 Å². The average Bonchev–Trinajstić information content (AvgIpc) is 3.13. The zero-order valence-corrected chi connectivity index (χ0v) is 14.0. The maximum atomic E-state index is 12.8. The van der Waals surface area contributed by atoms with Crippen molar-refractivity contribution in [1.82, 2.24) is 14.7 Å². The number of carbonyl (C=O) groups excluding carboxylic acids is 1. The Balaban J connectivity index is 1.76. The van der Waals surface area contributed by atoms with Crippen LogP contribution in [0, 0.1) is 30.6 Å². The van der Waals surface area contributed by atoms with Gasteiger partial charge in [-0.15, -0.1) is 0 Å². The predicted molar refractivity (Wildman–Crippen MR) is 85.0 cm³/mol. The maximum Gasteiger partial charge on any atom is 0.308 e. The minimum absolute atomic E-state index is 0.0769. The molecule has 1 N–H and O–H groups in total. The van der Waals surface area contributed by atoms with E-state index in [1.54, 1.807) is 11.1 Å². The Morgan fingerprint density at radius 2 is 2.04 bits per heavy atom. The summed E-state index contributed by atoms with van der Waals surface area (Å²) in [4.78, 5) is 26.0. The molecule has 1 aromatic heterocycles. The zero-order valence-electron chi connectivity index (χ0n) is 14.0. The molecule has 23 heavy (non-hydrogen) atoms. The second kappa shape index (κ2) is 5.98. The van der Waals surface area contributed by atoms with Crippen molar-refractivity contribution in [1.29, 1.82) is 0 Å². The van der Waals surface area contributed by atoms with Crippen LogP contribution in [0.5, 0.6) is 0 Å². The first-order valence-corrected chi connectivity index (χ1v) is 8.43. The molecule has 1 amide bonds. The molecule has 1 aliphatic carbocycles. The third-order valence-electron chi connectivity index (χ3n) is 5.07. The molecular formula is C17H25N3O3. The van der Waals surface area contributed by atoms with E-state index < -0.39 is 11.9 Å². The first-order valence-electron chi connectivity index (χ1n) is 8.43. The van der Waals surface area contributed by atoms with Crippen LogP contribution in [-0.2, 0) is 11.3 Å². The van der Waals surface area contributed by atoms with Gasteiger partial charge in [0.2, 0.25) is 0 Å². The Hall–Kier alpha value is -1.85. The van der Waals surface area contributed by atoms with Crippen molar-refractivity contribution in [2.24, 2.45) is 23.7 Å². The van der Waals surface area contributed by atoms with Crippen LogP contribution in [0.3, 0.4) is 0 Å². The van der Waals surface area contributed by atoms with Gasteiger partial charge in [0.05, 0.1) is 17.7 Å². The molecule has 1 aliphatic heterocycles. The first kappa shape index (κ1) is 16.0. The lowest BCUT2D eigenvalue weighted by molar-refractivity contribution is -0.142.